The first-order valence-electron chi connectivity index (χ1n) is 19.3. The highest BCUT2D eigenvalue weighted by molar-refractivity contribution is 7.26. The molecule has 3 nitrogen and oxygen atoms in total. The SMILES string of the molecule is C1=C(c2ccccc2)NC(c2cccc3sc4cc(-c5ccc6c(c5)sc5cc(-n7c8ccccc8c8ccccc87)ccc56)ccc4c23)=N[C@@H]1c1ccccc1. The van der Waals surface area contributed by atoms with Gasteiger partial charge in [0.2, 0.25) is 0 Å². The van der Waals surface area contributed by atoms with Crippen LogP contribution in [0.15, 0.2) is 193 Å². The van der Waals surface area contributed by atoms with Gasteiger partial charge in [0, 0.05) is 68.1 Å². The molecule has 0 amide bonds. The Hall–Kier alpha value is -6.79. The van der Waals surface area contributed by atoms with Gasteiger partial charge in [-0.1, -0.05) is 140 Å². The molecule has 0 aliphatic carbocycles. The van der Waals surface area contributed by atoms with E-state index < -0.39 is 0 Å². The number of fused-ring (bicyclic) bond motifs is 9. The Balaban J connectivity index is 0.931. The Morgan fingerprint density at radius 1 is 0.456 bits per heavy atom. The fourth-order valence-electron chi connectivity index (χ4n) is 8.77. The Bertz CT molecular complexity index is 3390. The second-order valence-electron chi connectivity index (χ2n) is 14.8. The lowest BCUT2D eigenvalue weighted by Gasteiger charge is -2.23. The van der Waals surface area contributed by atoms with Crippen molar-refractivity contribution in [2.24, 2.45) is 4.99 Å². The minimum Gasteiger partial charge on any atom is -0.340 e. The summed E-state index contributed by atoms with van der Waals surface area (Å²) in [5, 5.41) is 11.4. The molecule has 1 aliphatic heterocycles. The van der Waals surface area contributed by atoms with Crippen molar-refractivity contribution in [1.82, 2.24) is 9.88 Å². The molecule has 57 heavy (non-hydrogen) atoms. The fraction of sp³-hybridized carbons (Fsp3) is 0.0192. The second-order valence-corrected chi connectivity index (χ2v) is 16.9. The zero-order chi connectivity index (χ0) is 37.5. The van der Waals surface area contributed by atoms with Crippen LogP contribution < -0.4 is 5.32 Å². The van der Waals surface area contributed by atoms with Crippen molar-refractivity contribution >= 4 is 96.4 Å². The van der Waals surface area contributed by atoms with Crippen LogP contribution in [0.5, 0.6) is 0 Å². The molecule has 1 atom stereocenters. The van der Waals surface area contributed by atoms with E-state index in [1.54, 1.807) is 0 Å². The highest BCUT2D eigenvalue weighted by Gasteiger charge is 2.22. The van der Waals surface area contributed by atoms with Gasteiger partial charge in [0.05, 0.1) is 17.1 Å². The molecule has 3 aromatic heterocycles. The van der Waals surface area contributed by atoms with E-state index >= 15 is 0 Å². The molecule has 1 aliphatic rings. The van der Waals surface area contributed by atoms with Gasteiger partial charge in [-0.2, -0.15) is 0 Å². The van der Waals surface area contributed by atoms with Crippen molar-refractivity contribution in [2.45, 2.75) is 6.04 Å². The van der Waals surface area contributed by atoms with E-state index in [0.717, 1.165) is 22.7 Å². The topological polar surface area (TPSA) is 29.3 Å². The highest BCUT2D eigenvalue weighted by atomic mass is 32.1. The molecule has 0 spiro atoms. The molecule has 0 unspecified atom stereocenters. The zero-order valence-corrected chi connectivity index (χ0v) is 32.3. The largest absolute Gasteiger partial charge is 0.340 e. The molecule has 0 saturated carbocycles. The number of nitrogens with one attached hydrogen (secondary N) is 1. The van der Waals surface area contributed by atoms with Crippen LogP contribution in [0.4, 0.5) is 0 Å². The number of para-hydroxylation sites is 2. The first-order valence-corrected chi connectivity index (χ1v) is 20.9. The number of aliphatic imine (C=N–C) groups is 1. The number of rotatable bonds is 5. The third-order valence-electron chi connectivity index (χ3n) is 11.5. The van der Waals surface area contributed by atoms with Crippen molar-refractivity contribution in [3.63, 3.8) is 0 Å². The molecule has 5 heteroatoms. The van der Waals surface area contributed by atoms with Crippen LogP contribution in [0, 0.1) is 0 Å². The molecule has 8 aromatic carbocycles. The van der Waals surface area contributed by atoms with Gasteiger partial charge in [0.1, 0.15) is 5.84 Å². The van der Waals surface area contributed by atoms with Gasteiger partial charge < -0.3 is 9.88 Å². The Labute approximate surface area is 337 Å². The molecule has 12 rings (SSSR count). The van der Waals surface area contributed by atoms with Gasteiger partial charge in [0.15, 0.2) is 0 Å². The smallest absolute Gasteiger partial charge is 0.134 e. The van der Waals surface area contributed by atoms with Crippen LogP contribution in [0.25, 0.3) is 84.7 Å². The summed E-state index contributed by atoms with van der Waals surface area (Å²) in [5.41, 5.74) is 10.7. The molecule has 0 radical (unpaired) electrons. The molecule has 4 heterocycles. The summed E-state index contributed by atoms with van der Waals surface area (Å²) in [6, 6.07) is 66.0. The molecule has 0 fully saturated rings. The van der Waals surface area contributed by atoms with E-state index in [-0.39, 0.29) is 6.04 Å². The third kappa shape index (κ3) is 5.27. The predicted octanol–water partition coefficient (Wildman–Crippen LogP) is 14.3. The van der Waals surface area contributed by atoms with Crippen molar-refractivity contribution < 1.29 is 0 Å². The Morgan fingerprint density at radius 2 is 1.05 bits per heavy atom. The van der Waals surface area contributed by atoms with E-state index in [1.165, 1.54) is 84.5 Å². The standard InChI is InChI=1S/C52H33N3S2/c1-3-12-32(13-4-1)43-31-44(33-14-5-2-6-15-33)54-52(53-43)42-18-11-21-47-51(42)41-26-23-35(29-49(41)56-47)34-22-25-39-40-27-24-36(30-50(40)57-48(39)28-34)55-45-19-9-7-16-37(45)38-17-8-10-20-46(38)55/h1-31,43H,(H,53,54)/t43-/m0/s1. The summed E-state index contributed by atoms with van der Waals surface area (Å²) in [5.74, 6) is 0.899. The van der Waals surface area contributed by atoms with E-state index in [1.807, 2.05) is 22.7 Å². The first kappa shape index (κ1) is 32.5. The maximum atomic E-state index is 5.33. The number of benzene rings is 8. The van der Waals surface area contributed by atoms with Crippen LogP contribution in [-0.4, -0.2) is 10.4 Å². The lowest BCUT2D eigenvalue weighted by atomic mass is 9.98. The molecule has 0 bridgehead atoms. The van der Waals surface area contributed by atoms with Crippen LogP contribution >= 0.6 is 22.7 Å². The van der Waals surface area contributed by atoms with Crippen molar-refractivity contribution in [1.29, 1.82) is 0 Å². The quantitative estimate of drug-likeness (QED) is 0.186. The number of aromatic nitrogens is 1. The predicted molar refractivity (Wildman–Crippen MR) is 245 cm³/mol. The van der Waals surface area contributed by atoms with E-state index in [9.17, 15) is 0 Å². The van der Waals surface area contributed by atoms with Crippen LogP contribution in [0.2, 0.25) is 0 Å². The minimum atomic E-state index is -0.0894. The molecular formula is C52H33N3S2. The number of nitrogens with zero attached hydrogens (tertiary/aromatic N) is 2. The molecule has 1 N–H and O–H groups in total. The zero-order valence-electron chi connectivity index (χ0n) is 30.7. The molecule has 11 aromatic rings. The van der Waals surface area contributed by atoms with Gasteiger partial charge in [-0.15, -0.1) is 22.7 Å². The summed E-state index contributed by atoms with van der Waals surface area (Å²) in [7, 11) is 0. The van der Waals surface area contributed by atoms with E-state index in [0.29, 0.717) is 0 Å². The number of thiophene rings is 2. The summed E-state index contributed by atoms with van der Waals surface area (Å²) in [6.45, 7) is 0. The summed E-state index contributed by atoms with van der Waals surface area (Å²) in [6.07, 6.45) is 2.24. The summed E-state index contributed by atoms with van der Waals surface area (Å²) in [4.78, 5) is 5.33. The average molecular weight is 764 g/mol. The maximum Gasteiger partial charge on any atom is 0.134 e. The first-order chi connectivity index (χ1) is 28.2. The van der Waals surface area contributed by atoms with Gasteiger partial charge in [-0.3, -0.25) is 4.99 Å². The van der Waals surface area contributed by atoms with Gasteiger partial charge in [-0.25, -0.2) is 0 Å². The summed E-state index contributed by atoms with van der Waals surface area (Å²) >= 11 is 3.73. The Kier molecular flexibility index (Phi) is 7.34. The highest BCUT2D eigenvalue weighted by Crippen LogP contribution is 2.42. The molecule has 268 valence electrons. The second kappa shape index (κ2) is 12.9. The van der Waals surface area contributed by atoms with Gasteiger partial charge in [-0.05, 0) is 70.8 Å². The van der Waals surface area contributed by atoms with Gasteiger partial charge >= 0.3 is 0 Å². The lowest BCUT2D eigenvalue weighted by Crippen LogP contribution is -2.27. The maximum absolute atomic E-state index is 5.33. The van der Waals surface area contributed by atoms with Crippen molar-refractivity contribution in [3.8, 4) is 16.8 Å². The normalized spacial score (nSPS) is 14.5. The molecular weight excluding hydrogens is 731 g/mol. The van der Waals surface area contributed by atoms with Crippen molar-refractivity contribution in [2.75, 3.05) is 0 Å². The average Bonchev–Trinajstić information content (AvgIpc) is 3.95. The number of hydrogen-bond acceptors (Lipinski definition) is 4. The Morgan fingerprint density at radius 3 is 1.79 bits per heavy atom. The summed E-state index contributed by atoms with van der Waals surface area (Å²) < 4.78 is 7.54. The number of amidine groups is 1. The minimum absolute atomic E-state index is 0.0894. The monoisotopic (exact) mass is 763 g/mol. The molecule has 0 saturated heterocycles. The number of hydrogen-bond donors (Lipinski definition) is 1. The van der Waals surface area contributed by atoms with E-state index in [4.69, 9.17) is 4.99 Å². The fourth-order valence-corrected chi connectivity index (χ4v) is 11.1. The lowest BCUT2D eigenvalue weighted by molar-refractivity contribution is 0.881. The van der Waals surface area contributed by atoms with Crippen molar-refractivity contribution in [3.05, 3.63) is 205 Å². The van der Waals surface area contributed by atoms with E-state index in [2.05, 4.69) is 198 Å². The van der Waals surface area contributed by atoms with Crippen LogP contribution in [0.3, 0.4) is 0 Å². The third-order valence-corrected chi connectivity index (χ3v) is 13.7. The van der Waals surface area contributed by atoms with Gasteiger partial charge in [0.25, 0.3) is 0 Å². The van der Waals surface area contributed by atoms with Crippen LogP contribution in [-0.2, 0) is 0 Å². The van der Waals surface area contributed by atoms with Crippen LogP contribution in [0.1, 0.15) is 22.7 Å².